The zero-order valence-corrected chi connectivity index (χ0v) is 18.1. The van der Waals surface area contributed by atoms with Gasteiger partial charge in [-0.25, -0.2) is 4.98 Å². The van der Waals surface area contributed by atoms with Gasteiger partial charge in [-0.05, 0) is 31.9 Å². The number of fused-ring (bicyclic) bond motifs is 1. The largest absolute Gasteiger partial charge is 0.394 e. The van der Waals surface area contributed by atoms with Crippen LogP contribution >= 0.6 is 0 Å². The fourth-order valence-electron chi connectivity index (χ4n) is 3.49. The first-order chi connectivity index (χ1) is 15.1. The molecule has 2 aromatic carbocycles. The Balaban J connectivity index is 1.81. The summed E-state index contributed by atoms with van der Waals surface area (Å²) in [4.78, 5) is 14.0. The maximum Gasteiger partial charge on any atom is 0.227 e. The van der Waals surface area contributed by atoms with Gasteiger partial charge < -0.3 is 20.3 Å². The lowest BCUT2D eigenvalue weighted by atomic mass is 10.0. The molecule has 4 rings (SSSR count). The van der Waals surface area contributed by atoms with Crippen molar-refractivity contribution >= 4 is 28.6 Å². The zero-order valence-electron chi connectivity index (χ0n) is 18.1. The summed E-state index contributed by atoms with van der Waals surface area (Å²) in [5.41, 5.74) is 4.59. The average molecular weight is 417 g/mol. The Bertz CT molecular complexity index is 1150. The number of nitrogens with zero attached hydrogens (tertiary/aromatic N) is 4. The lowest BCUT2D eigenvalue weighted by Gasteiger charge is -2.17. The topological polar surface area (TPSA) is 87.9 Å². The van der Waals surface area contributed by atoms with Gasteiger partial charge in [0, 0.05) is 17.3 Å². The molecule has 0 aliphatic heterocycles. The third kappa shape index (κ3) is 4.36. The Morgan fingerprint density at radius 2 is 1.74 bits per heavy atom. The fraction of sp³-hybridized carbons (Fsp3) is 0.292. The summed E-state index contributed by atoms with van der Waals surface area (Å²) in [6.45, 7) is 6.22. The second kappa shape index (κ2) is 9.14. The molecule has 0 aliphatic carbocycles. The molecule has 0 amide bonds. The van der Waals surface area contributed by atoms with E-state index in [4.69, 9.17) is 9.97 Å². The number of para-hydroxylation sites is 1. The minimum atomic E-state index is -0.114. The number of anilines is 3. The highest BCUT2D eigenvalue weighted by Crippen LogP contribution is 2.32. The lowest BCUT2D eigenvalue weighted by Crippen LogP contribution is -2.24. The van der Waals surface area contributed by atoms with Crippen LogP contribution < -0.4 is 10.6 Å². The molecule has 2 aromatic heterocycles. The van der Waals surface area contributed by atoms with Crippen LogP contribution in [0.25, 0.3) is 22.3 Å². The minimum Gasteiger partial charge on any atom is -0.394 e. The predicted octanol–water partition coefficient (Wildman–Crippen LogP) is 5.00. The van der Waals surface area contributed by atoms with Crippen LogP contribution in [0.4, 0.5) is 17.5 Å². The Labute approximate surface area is 182 Å². The smallest absolute Gasteiger partial charge is 0.227 e. The zero-order chi connectivity index (χ0) is 21.8. The first-order valence-electron chi connectivity index (χ1n) is 10.6. The van der Waals surface area contributed by atoms with Crippen molar-refractivity contribution in [2.24, 2.45) is 0 Å². The van der Waals surface area contributed by atoms with Crippen molar-refractivity contribution in [2.45, 2.75) is 39.3 Å². The highest BCUT2D eigenvalue weighted by molar-refractivity contribution is 5.90. The Morgan fingerprint density at radius 1 is 1.00 bits per heavy atom. The minimum absolute atomic E-state index is 0.0148. The summed E-state index contributed by atoms with van der Waals surface area (Å²) in [5.74, 6) is 1.10. The number of aliphatic hydroxyl groups is 1. The summed E-state index contributed by atoms with van der Waals surface area (Å²) in [6.07, 6.45) is 2.56. The molecule has 1 atom stereocenters. The molecule has 3 N–H and O–H groups in total. The van der Waals surface area contributed by atoms with Gasteiger partial charge >= 0.3 is 0 Å². The molecule has 0 spiro atoms. The fourth-order valence-corrected chi connectivity index (χ4v) is 3.49. The van der Waals surface area contributed by atoms with E-state index in [2.05, 4.69) is 47.7 Å². The third-order valence-electron chi connectivity index (χ3n) is 5.29. The number of aromatic nitrogens is 4. The van der Waals surface area contributed by atoms with Crippen molar-refractivity contribution in [2.75, 3.05) is 17.2 Å². The van der Waals surface area contributed by atoms with Crippen LogP contribution in [0.2, 0.25) is 0 Å². The Morgan fingerprint density at radius 3 is 2.45 bits per heavy atom. The van der Waals surface area contributed by atoms with E-state index in [0.29, 0.717) is 17.3 Å². The summed E-state index contributed by atoms with van der Waals surface area (Å²) in [6, 6.07) is 18.5. The number of rotatable bonds is 8. The molecule has 2 heterocycles. The summed E-state index contributed by atoms with van der Waals surface area (Å²) in [5, 5.41) is 16.4. The normalized spacial score (nSPS) is 12.3. The van der Waals surface area contributed by atoms with E-state index in [1.807, 2.05) is 47.9 Å². The molecule has 0 radical (unpaired) electrons. The molecule has 7 heteroatoms. The number of imidazole rings is 1. The monoisotopic (exact) mass is 416 g/mol. The molecule has 0 bridgehead atoms. The summed E-state index contributed by atoms with van der Waals surface area (Å²) in [7, 11) is 0. The predicted molar refractivity (Wildman–Crippen MR) is 126 cm³/mol. The van der Waals surface area contributed by atoms with Crippen LogP contribution in [0.1, 0.15) is 33.2 Å². The first-order valence-corrected chi connectivity index (χ1v) is 10.6. The van der Waals surface area contributed by atoms with E-state index in [0.717, 1.165) is 28.9 Å². The van der Waals surface area contributed by atoms with Gasteiger partial charge in [-0.15, -0.1) is 0 Å². The lowest BCUT2D eigenvalue weighted by molar-refractivity contribution is 0.271. The Kier molecular flexibility index (Phi) is 6.13. The molecule has 31 heavy (non-hydrogen) atoms. The third-order valence-corrected chi connectivity index (χ3v) is 5.29. The van der Waals surface area contributed by atoms with Crippen molar-refractivity contribution in [1.82, 2.24) is 19.5 Å². The van der Waals surface area contributed by atoms with Gasteiger partial charge in [0.05, 0.1) is 19.0 Å². The highest BCUT2D eigenvalue weighted by Gasteiger charge is 2.17. The van der Waals surface area contributed by atoms with E-state index in [9.17, 15) is 5.11 Å². The van der Waals surface area contributed by atoms with Crippen LogP contribution in [0.3, 0.4) is 0 Å². The molecular formula is C24H28N6O. The molecule has 0 saturated carbocycles. The van der Waals surface area contributed by atoms with E-state index in [1.54, 1.807) is 6.33 Å². The van der Waals surface area contributed by atoms with E-state index in [-0.39, 0.29) is 18.7 Å². The SMILES string of the molecule is CC[C@H](CO)Nc1nc(Nc2ccccc2-c2ccccc2)c2ncn(C(C)C)c2n1. The van der Waals surface area contributed by atoms with Gasteiger partial charge in [0.1, 0.15) is 0 Å². The van der Waals surface area contributed by atoms with Crippen molar-refractivity contribution in [3.05, 3.63) is 60.9 Å². The molecular weight excluding hydrogens is 388 g/mol. The van der Waals surface area contributed by atoms with Crippen molar-refractivity contribution in [3.8, 4) is 11.1 Å². The van der Waals surface area contributed by atoms with E-state index >= 15 is 0 Å². The number of aliphatic hydroxyl groups excluding tert-OH is 1. The van der Waals surface area contributed by atoms with Crippen molar-refractivity contribution < 1.29 is 5.11 Å². The first kappa shape index (κ1) is 20.8. The van der Waals surface area contributed by atoms with E-state index < -0.39 is 0 Å². The number of hydrogen-bond acceptors (Lipinski definition) is 6. The van der Waals surface area contributed by atoms with Gasteiger partial charge in [0.25, 0.3) is 0 Å². The summed E-state index contributed by atoms with van der Waals surface area (Å²) >= 11 is 0. The molecule has 7 nitrogen and oxygen atoms in total. The maximum absolute atomic E-state index is 9.62. The quantitative estimate of drug-likeness (QED) is 0.375. The number of hydrogen-bond donors (Lipinski definition) is 3. The second-order valence-corrected chi connectivity index (χ2v) is 7.78. The summed E-state index contributed by atoms with van der Waals surface area (Å²) < 4.78 is 2.02. The number of nitrogens with one attached hydrogen (secondary N) is 2. The van der Waals surface area contributed by atoms with Crippen LogP contribution in [-0.4, -0.2) is 37.3 Å². The molecule has 160 valence electrons. The Hall–Kier alpha value is -3.45. The molecule has 0 aliphatic rings. The van der Waals surface area contributed by atoms with Crippen LogP contribution in [0, 0.1) is 0 Å². The van der Waals surface area contributed by atoms with Gasteiger partial charge in [0.15, 0.2) is 17.0 Å². The van der Waals surface area contributed by atoms with Crippen LogP contribution in [0.5, 0.6) is 0 Å². The van der Waals surface area contributed by atoms with Gasteiger partial charge in [-0.3, -0.25) is 0 Å². The van der Waals surface area contributed by atoms with E-state index in [1.165, 1.54) is 0 Å². The van der Waals surface area contributed by atoms with Gasteiger partial charge in [-0.1, -0.05) is 55.5 Å². The molecule has 0 unspecified atom stereocenters. The van der Waals surface area contributed by atoms with Crippen molar-refractivity contribution in [1.29, 1.82) is 0 Å². The highest BCUT2D eigenvalue weighted by atomic mass is 16.3. The molecule has 0 fully saturated rings. The molecule has 4 aromatic rings. The van der Waals surface area contributed by atoms with Crippen molar-refractivity contribution in [3.63, 3.8) is 0 Å². The standard InChI is InChI=1S/C24H28N6O/c1-4-18(14-31)26-24-28-22(21-23(29-24)30(15-25-21)16(2)3)27-20-13-9-8-12-19(20)17-10-6-5-7-11-17/h5-13,15-16,18,31H,4,14H2,1-3H3,(H2,26,27,28,29)/t18-/m1/s1. The number of benzene rings is 2. The maximum atomic E-state index is 9.62. The van der Waals surface area contributed by atoms with Crippen LogP contribution in [0.15, 0.2) is 60.9 Å². The average Bonchev–Trinajstić information content (AvgIpc) is 3.23. The van der Waals surface area contributed by atoms with Crippen LogP contribution in [-0.2, 0) is 0 Å². The second-order valence-electron chi connectivity index (χ2n) is 7.78. The van der Waals surface area contributed by atoms with Gasteiger partial charge in [0.2, 0.25) is 5.95 Å². The van der Waals surface area contributed by atoms with Gasteiger partial charge in [-0.2, -0.15) is 9.97 Å². The molecule has 0 saturated heterocycles.